The molecule has 0 N–H and O–H groups in total. The molecule has 0 radical (unpaired) electrons. The molecule has 0 fully saturated rings. The Hall–Kier alpha value is -3.80. The van der Waals surface area contributed by atoms with Crippen LogP contribution in [0.15, 0.2) is 61.2 Å². The fourth-order valence-electron chi connectivity index (χ4n) is 3.04. The molecule has 0 bridgehead atoms. The standard InChI is InChI=1S/C26H28O6/c1-6-7-20(21(27)12-8-18-10-14-23(29-2)25(16-18)31-4)22(28)13-9-19-11-15-24(30-3)26(17-19)32-5/h6,8-17,20H,1,7H2,2-5H3/b12-8+,13-9+. The molecule has 6 nitrogen and oxygen atoms in total. The van der Waals surface area contributed by atoms with Crippen molar-refractivity contribution < 1.29 is 28.5 Å². The summed E-state index contributed by atoms with van der Waals surface area (Å²) in [6.07, 6.45) is 7.89. The number of carbonyl (C=O) groups excluding carboxylic acids is 2. The molecule has 0 saturated heterocycles. The van der Waals surface area contributed by atoms with Crippen LogP contribution in [0.1, 0.15) is 17.5 Å². The van der Waals surface area contributed by atoms with Crippen LogP contribution in [0.25, 0.3) is 12.2 Å². The van der Waals surface area contributed by atoms with E-state index in [9.17, 15) is 9.59 Å². The third-order valence-corrected chi connectivity index (χ3v) is 4.78. The van der Waals surface area contributed by atoms with Gasteiger partial charge in [0.15, 0.2) is 34.6 Å². The third-order valence-electron chi connectivity index (χ3n) is 4.78. The lowest BCUT2D eigenvalue weighted by Gasteiger charge is -2.09. The smallest absolute Gasteiger partial charge is 0.166 e. The van der Waals surface area contributed by atoms with Crippen LogP contribution in [-0.2, 0) is 9.59 Å². The first-order chi connectivity index (χ1) is 15.5. The summed E-state index contributed by atoms with van der Waals surface area (Å²) in [7, 11) is 6.19. The summed E-state index contributed by atoms with van der Waals surface area (Å²) < 4.78 is 21.0. The molecule has 0 spiro atoms. The number of ether oxygens (including phenoxy) is 4. The minimum atomic E-state index is -0.847. The maximum Gasteiger partial charge on any atom is 0.166 e. The van der Waals surface area contributed by atoms with Crippen molar-refractivity contribution in [1.82, 2.24) is 0 Å². The van der Waals surface area contributed by atoms with Crippen LogP contribution in [0.5, 0.6) is 23.0 Å². The van der Waals surface area contributed by atoms with E-state index in [4.69, 9.17) is 18.9 Å². The van der Waals surface area contributed by atoms with E-state index in [-0.39, 0.29) is 18.0 Å². The molecular weight excluding hydrogens is 408 g/mol. The normalized spacial score (nSPS) is 11.0. The highest BCUT2D eigenvalue weighted by Gasteiger charge is 2.21. The maximum atomic E-state index is 12.7. The van der Waals surface area contributed by atoms with Crippen molar-refractivity contribution in [2.45, 2.75) is 6.42 Å². The fourth-order valence-corrected chi connectivity index (χ4v) is 3.04. The number of benzene rings is 2. The molecule has 0 aliphatic carbocycles. The summed E-state index contributed by atoms with van der Waals surface area (Å²) in [5.74, 6) is 0.841. The Morgan fingerprint density at radius 3 is 1.50 bits per heavy atom. The van der Waals surface area contributed by atoms with Crippen molar-refractivity contribution in [1.29, 1.82) is 0 Å². The Labute approximate surface area is 188 Å². The van der Waals surface area contributed by atoms with Crippen LogP contribution in [0.4, 0.5) is 0 Å². The largest absolute Gasteiger partial charge is 0.493 e. The number of hydrogen-bond donors (Lipinski definition) is 0. The molecule has 2 aromatic rings. The van der Waals surface area contributed by atoms with Gasteiger partial charge in [0.05, 0.1) is 34.4 Å². The minimum absolute atomic E-state index is 0.240. The molecule has 0 aliphatic rings. The van der Waals surface area contributed by atoms with Gasteiger partial charge in [0.2, 0.25) is 0 Å². The molecule has 168 valence electrons. The van der Waals surface area contributed by atoms with Gasteiger partial charge in [0.25, 0.3) is 0 Å². The van der Waals surface area contributed by atoms with Gasteiger partial charge in [-0.05, 0) is 54.0 Å². The minimum Gasteiger partial charge on any atom is -0.493 e. The monoisotopic (exact) mass is 436 g/mol. The van der Waals surface area contributed by atoms with E-state index in [1.165, 1.54) is 12.2 Å². The van der Waals surface area contributed by atoms with E-state index in [1.54, 1.807) is 83.1 Å². The van der Waals surface area contributed by atoms with Gasteiger partial charge in [-0.15, -0.1) is 6.58 Å². The quantitative estimate of drug-likeness (QED) is 0.271. The number of rotatable bonds is 12. The number of carbonyl (C=O) groups is 2. The summed E-state index contributed by atoms with van der Waals surface area (Å²) in [5, 5.41) is 0. The second kappa shape index (κ2) is 12.2. The molecular formula is C26H28O6. The first kappa shape index (κ1) is 24.5. The van der Waals surface area contributed by atoms with Crippen LogP contribution in [-0.4, -0.2) is 40.0 Å². The molecule has 0 aromatic heterocycles. The van der Waals surface area contributed by atoms with Crippen molar-refractivity contribution in [2.75, 3.05) is 28.4 Å². The topological polar surface area (TPSA) is 71.1 Å². The van der Waals surface area contributed by atoms with E-state index in [0.717, 1.165) is 11.1 Å². The second-order valence-corrected chi connectivity index (χ2v) is 6.78. The zero-order valence-corrected chi connectivity index (χ0v) is 18.8. The number of methoxy groups -OCH3 is 4. The molecule has 0 aliphatic heterocycles. The van der Waals surface area contributed by atoms with Gasteiger partial charge in [-0.1, -0.05) is 30.4 Å². The molecule has 0 amide bonds. The van der Waals surface area contributed by atoms with Crippen molar-refractivity contribution in [3.63, 3.8) is 0 Å². The van der Waals surface area contributed by atoms with Crippen LogP contribution < -0.4 is 18.9 Å². The highest BCUT2D eigenvalue weighted by molar-refractivity contribution is 6.13. The third kappa shape index (κ3) is 6.35. The Kier molecular flexibility index (Phi) is 9.29. The van der Waals surface area contributed by atoms with E-state index in [1.807, 2.05) is 0 Å². The molecule has 0 unspecified atom stereocenters. The van der Waals surface area contributed by atoms with Gasteiger partial charge in [0, 0.05) is 0 Å². The van der Waals surface area contributed by atoms with E-state index in [2.05, 4.69) is 6.58 Å². The maximum absolute atomic E-state index is 12.7. The van der Waals surface area contributed by atoms with Crippen LogP contribution in [0, 0.1) is 5.92 Å². The van der Waals surface area contributed by atoms with Gasteiger partial charge >= 0.3 is 0 Å². The second-order valence-electron chi connectivity index (χ2n) is 6.78. The predicted molar refractivity (Wildman–Crippen MR) is 125 cm³/mol. The van der Waals surface area contributed by atoms with Crippen LogP contribution in [0.3, 0.4) is 0 Å². The SMILES string of the molecule is C=CCC(C(=O)/C=C/c1ccc(OC)c(OC)c1)C(=O)/C=C/c1ccc(OC)c(OC)c1. The molecule has 2 aromatic carbocycles. The highest BCUT2D eigenvalue weighted by Crippen LogP contribution is 2.29. The highest BCUT2D eigenvalue weighted by atomic mass is 16.5. The predicted octanol–water partition coefficient (Wildman–Crippen LogP) is 4.78. The Morgan fingerprint density at radius 2 is 1.16 bits per heavy atom. The molecule has 2 rings (SSSR count). The van der Waals surface area contributed by atoms with E-state index < -0.39 is 5.92 Å². The van der Waals surface area contributed by atoms with Gasteiger partial charge in [0.1, 0.15) is 0 Å². The zero-order valence-electron chi connectivity index (χ0n) is 18.8. The Bertz CT molecular complexity index is 941. The zero-order chi connectivity index (χ0) is 23.5. The average molecular weight is 437 g/mol. The lowest BCUT2D eigenvalue weighted by atomic mass is 9.93. The van der Waals surface area contributed by atoms with Crippen LogP contribution in [0.2, 0.25) is 0 Å². The summed E-state index contributed by atoms with van der Waals surface area (Å²) in [6.45, 7) is 3.67. The van der Waals surface area contributed by atoms with Gasteiger partial charge in [-0.2, -0.15) is 0 Å². The number of hydrogen-bond acceptors (Lipinski definition) is 6. The van der Waals surface area contributed by atoms with Gasteiger partial charge < -0.3 is 18.9 Å². The van der Waals surface area contributed by atoms with Crippen molar-refractivity contribution in [2.24, 2.45) is 5.92 Å². The van der Waals surface area contributed by atoms with Crippen LogP contribution >= 0.6 is 0 Å². The van der Waals surface area contributed by atoms with Gasteiger partial charge in [-0.3, -0.25) is 9.59 Å². The lowest BCUT2D eigenvalue weighted by molar-refractivity contribution is -0.127. The molecule has 32 heavy (non-hydrogen) atoms. The van der Waals surface area contributed by atoms with E-state index >= 15 is 0 Å². The van der Waals surface area contributed by atoms with Crippen molar-refractivity contribution in [3.05, 3.63) is 72.3 Å². The Balaban J connectivity index is 2.17. The summed E-state index contributed by atoms with van der Waals surface area (Å²) >= 11 is 0. The fraction of sp³-hybridized carbons (Fsp3) is 0.231. The number of ketones is 2. The average Bonchev–Trinajstić information content (AvgIpc) is 2.83. The van der Waals surface area contributed by atoms with E-state index in [0.29, 0.717) is 23.0 Å². The summed E-state index contributed by atoms with van der Waals surface area (Å²) in [5.41, 5.74) is 1.50. The van der Waals surface area contributed by atoms with Gasteiger partial charge in [-0.25, -0.2) is 0 Å². The molecule has 6 heteroatoms. The summed E-state index contributed by atoms with van der Waals surface area (Å²) in [6, 6.07) is 10.6. The number of allylic oxidation sites excluding steroid dienone is 3. The molecule has 0 heterocycles. The molecule has 0 atom stereocenters. The first-order valence-corrected chi connectivity index (χ1v) is 9.96. The molecule has 0 saturated carbocycles. The lowest BCUT2D eigenvalue weighted by Crippen LogP contribution is -2.20. The Morgan fingerprint density at radius 1 is 0.750 bits per heavy atom. The van der Waals surface area contributed by atoms with Crippen molar-refractivity contribution >= 4 is 23.7 Å². The summed E-state index contributed by atoms with van der Waals surface area (Å²) in [4.78, 5) is 25.5. The first-order valence-electron chi connectivity index (χ1n) is 9.96. The van der Waals surface area contributed by atoms with Crippen molar-refractivity contribution in [3.8, 4) is 23.0 Å².